The van der Waals surface area contributed by atoms with Crippen molar-refractivity contribution in [3.63, 3.8) is 0 Å². The van der Waals surface area contributed by atoms with E-state index in [2.05, 4.69) is 5.32 Å². The minimum atomic E-state index is -4.67. The number of sulfonamides is 1. The van der Waals surface area contributed by atoms with Gasteiger partial charge in [-0.1, -0.05) is 29.8 Å². The molecule has 1 heterocycles. The first-order valence-electron chi connectivity index (χ1n) is 9.47. The topological polar surface area (TPSA) is 69.7 Å². The highest BCUT2D eigenvalue weighted by Crippen LogP contribution is 2.36. The fraction of sp³-hybridized carbons (Fsp3) is 0.350. The third-order valence-corrected chi connectivity index (χ3v) is 7.27. The van der Waals surface area contributed by atoms with E-state index in [9.17, 15) is 26.4 Å². The van der Waals surface area contributed by atoms with Crippen LogP contribution in [0.5, 0.6) is 0 Å². The molecule has 0 bridgehead atoms. The van der Waals surface area contributed by atoms with Gasteiger partial charge in [-0.2, -0.15) is 17.5 Å². The molecule has 0 saturated carbocycles. The summed E-state index contributed by atoms with van der Waals surface area (Å²) in [6.07, 6.45) is -4.67. The first kappa shape index (κ1) is 23.5. The Morgan fingerprint density at radius 2 is 1.68 bits per heavy atom. The minimum Gasteiger partial charge on any atom is -0.324 e. The van der Waals surface area contributed by atoms with Crippen LogP contribution in [-0.4, -0.2) is 55.8 Å². The average molecular weight is 476 g/mol. The number of benzene rings is 2. The van der Waals surface area contributed by atoms with E-state index in [-0.39, 0.29) is 41.8 Å². The molecule has 0 aliphatic carbocycles. The van der Waals surface area contributed by atoms with Crippen LogP contribution < -0.4 is 5.32 Å². The zero-order valence-corrected chi connectivity index (χ0v) is 18.1. The van der Waals surface area contributed by atoms with Crippen LogP contribution in [0.2, 0.25) is 5.02 Å². The number of hydrogen-bond acceptors (Lipinski definition) is 4. The lowest BCUT2D eigenvalue weighted by molar-refractivity contribution is -0.137. The van der Waals surface area contributed by atoms with Gasteiger partial charge in [0.1, 0.15) is 0 Å². The van der Waals surface area contributed by atoms with E-state index < -0.39 is 33.7 Å². The normalized spacial score (nSPS) is 17.3. The van der Waals surface area contributed by atoms with Gasteiger partial charge in [0.25, 0.3) is 0 Å². The summed E-state index contributed by atoms with van der Waals surface area (Å²) in [5, 5.41) is 2.23. The van der Waals surface area contributed by atoms with E-state index in [0.717, 1.165) is 12.1 Å². The van der Waals surface area contributed by atoms with Crippen molar-refractivity contribution in [2.45, 2.75) is 24.0 Å². The predicted molar refractivity (Wildman–Crippen MR) is 111 cm³/mol. The SMILES string of the molecule is C[C@H](C(=O)Nc1ccc(Cl)cc1C(F)(F)F)N1CCN(S(=O)(=O)c2ccccc2)CC1. The van der Waals surface area contributed by atoms with Crippen LogP contribution in [0, 0.1) is 0 Å². The average Bonchev–Trinajstić information content (AvgIpc) is 2.74. The third kappa shape index (κ3) is 5.38. The van der Waals surface area contributed by atoms with Crippen molar-refractivity contribution in [2.75, 3.05) is 31.5 Å². The first-order chi connectivity index (χ1) is 14.5. The number of nitrogens with one attached hydrogen (secondary N) is 1. The van der Waals surface area contributed by atoms with Gasteiger partial charge in [0.15, 0.2) is 0 Å². The van der Waals surface area contributed by atoms with Gasteiger partial charge in [0.2, 0.25) is 15.9 Å². The molecule has 168 valence electrons. The van der Waals surface area contributed by atoms with E-state index in [4.69, 9.17) is 11.6 Å². The predicted octanol–water partition coefficient (Wildman–Crippen LogP) is 3.69. The Kier molecular flexibility index (Phi) is 6.95. The van der Waals surface area contributed by atoms with Gasteiger partial charge >= 0.3 is 6.18 Å². The van der Waals surface area contributed by atoms with E-state index in [1.54, 1.807) is 30.0 Å². The van der Waals surface area contributed by atoms with Crippen LogP contribution in [0.4, 0.5) is 18.9 Å². The second kappa shape index (κ2) is 9.15. The van der Waals surface area contributed by atoms with E-state index in [1.165, 1.54) is 22.5 Å². The molecule has 3 rings (SSSR count). The molecule has 31 heavy (non-hydrogen) atoms. The number of anilines is 1. The molecule has 1 aliphatic rings. The van der Waals surface area contributed by atoms with Crippen molar-refractivity contribution >= 4 is 33.2 Å². The molecule has 2 aromatic carbocycles. The minimum absolute atomic E-state index is 0.0888. The summed E-state index contributed by atoms with van der Waals surface area (Å²) in [6.45, 7) is 2.45. The lowest BCUT2D eigenvalue weighted by Gasteiger charge is -2.36. The Balaban J connectivity index is 1.65. The lowest BCUT2D eigenvalue weighted by atomic mass is 10.1. The summed E-state index contributed by atoms with van der Waals surface area (Å²) >= 11 is 5.66. The van der Waals surface area contributed by atoms with E-state index in [0.29, 0.717) is 0 Å². The maximum Gasteiger partial charge on any atom is 0.418 e. The molecule has 2 aromatic rings. The molecule has 1 aliphatic heterocycles. The maximum absolute atomic E-state index is 13.2. The van der Waals surface area contributed by atoms with Crippen molar-refractivity contribution in [3.8, 4) is 0 Å². The Hall–Kier alpha value is -2.14. The van der Waals surface area contributed by atoms with Gasteiger partial charge in [-0.05, 0) is 37.3 Å². The van der Waals surface area contributed by atoms with Gasteiger partial charge in [-0.25, -0.2) is 8.42 Å². The fourth-order valence-electron chi connectivity index (χ4n) is 3.34. The third-order valence-electron chi connectivity index (χ3n) is 5.13. The number of nitrogens with zero attached hydrogens (tertiary/aromatic N) is 2. The van der Waals surface area contributed by atoms with Gasteiger partial charge in [0.05, 0.1) is 22.2 Å². The molecule has 6 nitrogen and oxygen atoms in total. The summed E-state index contributed by atoms with van der Waals surface area (Å²) in [5.41, 5.74) is -1.40. The molecule has 0 aromatic heterocycles. The lowest BCUT2D eigenvalue weighted by Crippen LogP contribution is -2.53. The summed E-state index contributed by atoms with van der Waals surface area (Å²) in [4.78, 5) is 14.5. The highest BCUT2D eigenvalue weighted by atomic mass is 35.5. The smallest absolute Gasteiger partial charge is 0.324 e. The molecule has 1 fully saturated rings. The second-order valence-electron chi connectivity index (χ2n) is 7.11. The molecule has 1 amide bonds. The maximum atomic E-state index is 13.2. The molecular formula is C20H21ClF3N3O3S. The fourth-order valence-corrected chi connectivity index (χ4v) is 4.95. The highest BCUT2D eigenvalue weighted by Gasteiger charge is 2.36. The zero-order valence-electron chi connectivity index (χ0n) is 16.6. The molecule has 1 N–H and O–H groups in total. The Morgan fingerprint density at radius 3 is 2.26 bits per heavy atom. The molecule has 0 radical (unpaired) electrons. The van der Waals surface area contributed by atoms with Crippen LogP contribution in [0.25, 0.3) is 0 Å². The molecule has 1 saturated heterocycles. The summed E-state index contributed by atoms with van der Waals surface area (Å²) in [6, 6.07) is 10.4. The number of carbonyl (C=O) groups excluding carboxylic acids is 1. The van der Waals surface area contributed by atoms with E-state index >= 15 is 0 Å². The number of rotatable bonds is 5. The van der Waals surface area contributed by atoms with Crippen molar-refractivity contribution < 1.29 is 26.4 Å². The molecule has 1 atom stereocenters. The number of piperazine rings is 1. The Labute approximate surface area is 183 Å². The summed E-state index contributed by atoms with van der Waals surface area (Å²) in [5.74, 6) is -0.618. The van der Waals surface area contributed by atoms with Gasteiger partial charge < -0.3 is 5.32 Å². The van der Waals surface area contributed by atoms with Crippen LogP contribution in [0.15, 0.2) is 53.4 Å². The summed E-state index contributed by atoms with van der Waals surface area (Å²) < 4.78 is 66.5. The van der Waals surface area contributed by atoms with Crippen molar-refractivity contribution in [2.24, 2.45) is 0 Å². The van der Waals surface area contributed by atoms with Crippen molar-refractivity contribution in [3.05, 3.63) is 59.1 Å². The van der Waals surface area contributed by atoms with Gasteiger partial charge in [-0.3, -0.25) is 9.69 Å². The van der Waals surface area contributed by atoms with Crippen LogP contribution in [0.3, 0.4) is 0 Å². The second-order valence-corrected chi connectivity index (χ2v) is 9.48. The zero-order chi connectivity index (χ0) is 22.8. The molecule has 11 heteroatoms. The van der Waals surface area contributed by atoms with Crippen molar-refractivity contribution in [1.29, 1.82) is 0 Å². The number of hydrogen-bond donors (Lipinski definition) is 1. The van der Waals surface area contributed by atoms with Crippen LogP contribution in [-0.2, 0) is 21.0 Å². The quantitative estimate of drug-likeness (QED) is 0.716. The van der Waals surface area contributed by atoms with Crippen LogP contribution in [0.1, 0.15) is 12.5 Å². The van der Waals surface area contributed by atoms with Gasteiger partial charge in [0, 0.05) is 31.2 Å². The van der Waals surface area contributed by atoms with E-state index in [1.807, 2.05) is 0 Å². The van der Waals surface area contributed by atoms with Gasteiger partial charge in [-0.15, -0.1) is 0 Å². The number of alkyl halides is 3. The first-order valence-corrected chi connectivity index (χ1v) is 11.3. The summed E-state index contributed by atoms with van der Waals surface area (Å²) in [7, 11) is -3.64. The Bertz CT molecular complexity index is 1040. The molecule has 0 unspecified atom stereocenters. The number of halogens is 4. The molecule has 0 spiro atoms. The van der Waals surface area contributed by atoms with Crippen LogP contribution >= 0.6 is 11.6 Å². The Morgan fingerprint density at radius 1 is 1.06 bits per heavy atom. The van der Waals surface area contributed by atoms with Crippen molar-refractivity contribution in [1.82, 2.24) is 9.21 Å². The standard InChI is InChI=1S/C20H21ClF3N3O3S/c1-14(19(28)25-18-8-7-15(21)13-17(18)20(22,23)24)26-9-11-27(12-10-26)31(29,30)16-5-3-2-4-6-16/h2-8,13-14H,9-12H2,1H3,(H,25,28)/t14-/m1/s1. The number of amides is 1. The number of carbonyl (C=O) groups is 1. The monoisotopic (exact) mass is 475 g/mol. The highest BCUT2D eigenvalue weighted by molar-refractivity contribution is 7.89. The largest absolute Gasteiger partial charge is 0.418 e. The molecular weight excluding hydrogens is 455 g/mol.